The second-order valence-electron chi connectivity index (χ2n) is 6.84. The minimum Gasteiger partial charge on any atom is -0.480 e. The average molecular weight is 385 g/mol. The highest BCUT2D eigenvalue weighted by atomic mass is 16.4. The lowest BCUT2D eigenvalue weighted by Crippen LogP contribution is -2.32. The van der Waals surface area contributed by atoms with Gasteiger partial charge in [-0.05, 0) is 24.1 Å². The molecule has 2 N–H and O–H groups in total. The van der Waals surface area contributed by atoms with Crippen molar-refractivity contribution in [3.05, 3.63) is 41.7 Å². The lowest BCUT2D eigenvalue weighted by Gasteiger charge is -2.17. The third-order valence-electron chi connectivity index (χ3n) is 4.61. The van der Waals surface area contributed by atoms with Crippen LogP contribution in [0.25, 0.3) is 0 Å². The zero-order valence-corrected chi connectivity index (χ0v) is 15.7. The van der Waals surface area contributed by atoms with E-state index in [0.29, 0.717) is 12.2 Å². The van der Waals surface area contributed by atoms with Gasteiger partial charge >= 0.3 is 5.97 Å². The summed E-state index contributed by atoms with van der Waals surface area (Å²) < 4.78 is 1.19. The zero-order chi connectivity index (χ0) is 20.1. The first-order chi connectivity index (χ1) is 13.5. The van der Waals surface area contributed by atoms with Gasteiger partial charge in [-0.25, -0.2) is 4.68 Å². The highest BCUT2D eigenvalue weighted by Crippen LogP contribution is 2.25. The number of benzene rings is 1. The summed E-state index contributed by atoms with van der Waals surface area (Å²) in [6, 6.07) is 7.87. The molecule has 1 aliphatic heterocycles. The maximum absolute atomic E-state index is 12.4. The Hall–Kier alpha value is -3.23. The highest BCUT2D eigenvalue weighted by molar-refractivity contribution is 6.00. The van der Waals surface area contributed by atoms with Gasteiger partial charge in [0.15, 0.2) is 0 Å². The number of aryl methyl sites for hydroxylation is 1. The Bertz CT molecular complexity index is 861. The Kier molecular flexibility index (Phi) is 6.03. The van der Waals surface area contributed by atoms with Crippen LogP contribution in [0.2, 0.25) is 0 Å². The molecule has 0 radical (unpaired) electrons. The second kappa shape index (κ2) is 8.64. The molecule has 2 amide bonds. The summed E-state index contributed by atoms with van der Waals surface area (Å²) in [6.45, 7) is 2.30. The van der Waals surface area contributed by atoms with Gasteiger partial charge in [-0.15, -0.1) is 5.10 Å². The SMILES string of the molecule is CCCc1ccc(N2CC(C(=O)NCc3cn(CC(=O)O)nn3)CC2=O)cc1. The van der Waals surface area contributed by atoms with E-state index in [2.05, 4.69) is 22.6 Å². The number of aromatic nitrogens is 3. The molecule has 1 aromatic carbocycles. The van der Waals surface area contributed by atoms with Crippen LogP contribution in [0.5, 0.6) is 0 Å². The summed E-state index contributed by atoms with van der Waals surface area (Å²) in [5, 5.41) is 19.0. The first-order valence-corrected chi connectivity index (χ1v) is 9.24. The van der Waals surface area contributed by atoms with E-state index in [1.165, 1.54) is 16.4 Å². The van der Waals surface area contributed by atoms with Gasteiger partial charge in [-0.1, -0.05) is 30.7 Å². The van der Waals surface area contributed by atoms with Crippen molar-refractivity contribution in [3.63, 3.8) is 0 Å². The normalized spacial score (nSPS) is 16.4. The molecular formula is C19H23N5O4. The summed E-state index contributed by atoms with van der Waals surface area (Å²) in [6.07, 6.45) is 3.69. The van der Waals surface area contributed by atoms with E-state index in [4.69, 9.17) is 5.11 Å². The minimum atomic E-state index is -1.02. The Morgan fingerprint density at radius 2 is 2.04 bits per heavy atom. The van der Waals surface area contributed by atoms with Crippen molar-refractivity contribution in [2.24, 2.45) is 5.92 Å². The molecule has 0 spiro atoms. The number of hydrogen-bond acceptors (Lipinski definition) is 5. The molecule has 9 nitrogen and oxygen atoms in total. The van der Waals surface area contributed by atoms with Gasteiger partial charge in [-0.2, -0.15) is 0 Å². The van der Waals surface area contributed by atoms with Crippen molar-refractivity contribution in [1.82, 2.24) is 20.3 Å². The van der Waals surface area contributed by atoms with Gasteiger partial charge < -0.3 is 15.3 Å². The summed E-state index contributed by atoms with van der Waals surface area (Å²) >= 11 is 0. The zero-order valence-electron chi connectivity index (χ0n) is 15.7. The van der Waals surface area contributed by atoms with Crippen molar-refractivity contribution < 1.29 is 19.5 Å². The van der Waals surface area contributed by atoms with Gasteiger partial charge in [0.1, 0.15) is 12.2 Å². The van der Waals surface area contributed by atoms with Crippen LogP contribution < -0.4 is 10.2 Å². The van der Waals surface area contributed by atoms with E-state index >= 15 is 0 Å². The number of carbonyl (C=O) groups excluding carboxylic acids is 2. The van der Waals surface area contributed by atoms with Crippen molar-refractivity contribution in [2.75, 3.05) is 11.4 Å². The summed E-state index contributed by atoms with van der Waals surface area (Å²) in [5.74, 6) is -1.76. The topological polar surface area (TPSA) is 117 Å². The van der Waals surface area contributed by atoms with Crippen molar-refractivity contribution in [3.8, 4) is 0 Å². The van der Waals surface area contributed by atoms with Crippen molar-refractivity contribution >= 4 is 23.5 Å². The average Bonchev–Trinajstić information content (AvgIpc) is 3.27. The molecule has 9 heteroatoms. The predicted octanol–water partition coefficient (Wildman–Crippen LogP) is 0.984. The monoisotopic (exact) mass is 385 g/mol. The molecule has 3 rings (SSSR count). The Morgan fingerprint density at radius 3 is 2.71 bits per heavy atom. The number of anilines is 1. The van der Waals surface area contributed by atoms with E-state index in [1.54, 1.807) is 4.90 Å². The van der Waals surface area contributed by atoms with Crippen LogP contribution in [0.1, 0.15) is 31.0 Å². The third kappa shape index (κ3) is 4.73. The fourth-order valence-corrected chi connectivity index (χ4v) is 3.22. The summed E-state index contributed by atoms with van der Waals surface area (Å²) in [4.78, 5) is 37.1. The molecule has 1 atom stereocenters. The molecule has 1 aromatic heterocycles. The Balaban J connectivity index is 1.54. The number of hydrogen-bond donors (Lipinski definition) is 2. The standard InChI is InChI=1S/C19H23N5O4/c1-2-3-13-4-6-16(7-5-13)24-10-14(8-17(24)25)19(28)20-9-15-11-23(22-21-15)12-18(26)27/h4-7,11,14H,2-3,8-10,12H2,1H3,(H,20,28)(H,26,27). The van der Waals surface area contributed by atoms with Crippen LogP contribution in [0.4, 0.5) is 5.69 Å². The van der Waals surface area contributed by atoms with Gasteiger partial charge in [0.05, 0.1) is 18.7 Å². The van der Waals surface area contributed by atoms with Gasteiger partial charge in [0.2, 0.25) is 11.8 Å². The molecule has 0 aliphatic carbocycles. The van der Waals surface area contributed by atoms with Crippen LogP contribution in [0.15, 0.2) is 30.5 Å². The lowest BCUT2D eigenvalue weighted by molar-refractivity contribution is -0.138. The molecule has 1 fully saturated rings. The molecule has 1 aliphatic rings. The number of rotatable bonds is 8. The van der Waals surface area contributed by atoms with Crippen molar-refractivity contribution in [1.29, 1.82) is 0 Å². The number of carboxylic acids is 1. The maximum atomic E-state index is 12.4. The molecule has 1 unspecified atom stereocenters. The van der Waals surface area contributed by atoms with Crippen LogP contribution in [-0.2, 0) is 33.9 Å². The minimum absolute atomic E-state index is 0.0733. The Morgan fingerprint density at radius 1 is 1.29 bits per heavy atom. The number of aliphatic carboxylic acids is 1. The quantitative estimate of drug-likeness (QED) is 0.700. The van der Waals surface area contributed by atoms with Gasteiger partial charge in [0.25, 0.3) is 0 Å². The molecule has 2 heterocycles. The van der Waals surface area contributed by atoms with Gasteiger partial charge in [-0.3, -0.25) is 14.4 Å². The number of carbonyl (C=O) groups is 3. The number of nitrogens with one attached hydrogen (secondary N) is 1. The molecule has 28 heavy (non-hydrogen) atoms. The predicted molar refractivity (Wildman–Crippen MR) is 100 cm³/mol. The number of nitrogens with zero attached hydrogens (tertiary/aromatic N) is 4. The highest BCUT2D eigenvalue weighted by Gasteiger charge is 2.35. The van der Waals surface area contributed by atoms with Gasteiger partial charge in [0, 0.05) is 18.7 Å². The Labute approximate surface area is 162 Å². The summed E-state index contributed by atoms with van der Waals surface area (Å²) in [7, 11) is 0. The van der Waals surface area contributed by atoms with Crippen LogP contribution in [-0.4, -0.2) is 44.4 Å². The number of carboxylic acid groups (broad SMARTS) is 1. The fraction of sp³-hybridized carbons (Fsp3) is 0.421. The summed E-state index contributed by atoms with van der Waals surface area (Å²) in [5.41, 5.74) is 2.49. The van der Waals surface area contributed by atoms with E-state index in [-0.39, 0.29) is 31.3 Å². The van der Waals surface area contributed by atoms with E-state index in [0.717, 1.165) is 18.5 Å². The molecular weight excluding hydrogens is 362 g/mol. The molecule has 2 aromatic rings. The van der Waals surface area contributed by atoms with E-state index in [1.807, 2.05) is 24.3 Å². The van der Waals surface area contributed by atoms with Crippen LogP contribution in [0, 0.1) is 5.92 Å². The first-order valence-electron chi connectivity index (χ1n) is 9.24. The van der Waals surface area contributed by atoms with Crippen molar-refractivity contribution in [2.45, 2.75) is 39.3 Å². The van der Waals surface area contributed by atoms with Crippen LogP contribution in [0.3, 0.4) is 0 Å². The molecule has 0 bridgehead atoms. The lowest BCUT2D eigenvalue weighted by atomic mass is 10.1. The second-order valence-corrected chi connectivity index (χ2v) is 6.84. The molecule has 148 valence electrons. The van der Waals surface area contributed by atoms with Crippen LogP contribution >= 0.6 is 0 Å². The fourth-order valence-electron chi connectivity index (χ4n) is 3.22. The third-order valence-corrected chi connectivity index (χ3v) is 4.61. The molecule has 1 saturated heterocycles. The smallest absolute Gasteiger partial charge is 0.325 e. The van der Waals surface area contributed by atoms with E-state index < -0.39 is 11.9 Å². The number of amides is 2. The largest absolute Gasteiger partial charge is 0.480 e. The molecule has 0 saturated carbocycles. The first kappa shape index (κ1) is 19.5. The maximum Gasteiger partial charge on any atom is 0.325 e. The van der Waals surface area contributed by atoms with E-state index in [9.17, 15) is 14.4 Å².